The molecule has 30 heavy (non-hydrogen) atoms. The van der Waals surface area contributed by atoms with E-state index in [9.17, 15) is 4.79 Å². The summed E-state index contributed by atoms with van der Waals surface area (Å²) in [5.74, 6) is -0.215. The molecular formula is C20H23ClN8O. The van der Waals surface area contributed by atoms with E-state index >= 15 is 0 Å². The summed E-state index contributed by atoms with van der Waals surface area (Å²) in [5.41, 5.74) is 4.54. The molecule has 10 heteroatoms. The first kappa shape index (κ1) is 20.1. The lowest BCUT2D eigenvalue weighted by Crippen LogP contribution is -2.28. The van der Waals surface area contributed by atoms with Gasteiger partial charge in [-0.25, -0.2) is 9.50 Å². The molecule has 0 saturated heterocycles. The monoisotopic (exact) mass is 426 g/mol. The molecule has 0 saturated carbocycles. The van der Waals surface area contributed by atoms with Crippen LogP contribution in [0.5, 0.6) is 0 Å². The fourth-order valence-corrected chi connectivity index (χ4v) is 3.73. The van der Waals surface area contributed by atoms with Crippen LogP contribution in [0.3, 0.4) is 0 Å². The fraction of sp³-hybridized carbons (Fsp3) is 0.350. The van der Waals surface area contributed by atoms with Crippen LogP contribution in [-0.4, -0.2) is 52.0 Å². The zero-order valence-electron chi connectivity index (χ0n) is 17.4. The highest BCUT2D eigenvalue weighted by molar-refractivity contribution is 6.31. The van der Waals surface area contributed by atoms with Gasteiger partial charge in [-0.2, -0.15) is 15.3 Å². The average Bonchev–Trinajstić information content (AvgIpc) is 3.44. The number of carbonyl (C=O) groups is 1. The molecule has 0 bridgehead atoms. The van der Waals surface area contributed by atoms with Gasteiger partial charge in [0.2, 0.25) is 0 Å². The van der Waals surface area contributed by atoms with Gasteiger partial charge >= 0.3 is 0 Å². The Balaban J connectivity index is 1.67. The smallest absolute Gasteiger partial charge is 0.274 e. The molecule has 0 aromatic carbocycles. The highest BCUT2D eigenvalue weighted by atomic mass is 35.5. The van der Waals surface area contributed by atoms with Crippen molar-refractivity contribution < 1.29 is 4.79 Å². The van der Waals surface area contributed by atoms with Crippen LogP contribution in [0.25, 0.3) is 16.9 Å². The van der Waals surface area contributed by atoms with Crippen molar-refractivity contribution in [2.45, 2.75) is 40.4 Å². The minimum Gasteiger partial charge on any atom is -0.334 e. The zero-order valence-corrected chi connectivity index (χ0v) is 18.1. The highest BCUT2D eigenvalue weighted by Gasteiger charge is 2.21. The van der Waals surface area contributed by atoms with Gasteiger partial charge in [0.15, 0.2) is 11.3 Å². The largest absolute Gasteiger partial charge is 0.334 e. The van der Waals surface area contributed by atoms with E-state index < -0.39 is 0 Å². The summed E-state index contributed by atoms with van der Waals surface area (Å²) in [6.07, 6.45) is 5.13. The van der Waals surface area contributed by atoms with Gasteiger partial charge < -0.3 is 4.90 Å². The first-order valence-electron chi connectivity index (χ1n) is 9.77. The zero-order chi connectivity index (χ0) is 21.4. The van der Waals surface area contributed by atoms with Gasteiger partial charge in [0.05, 0.1) is 35.3 Å². The molecule has 0 unspecified atom stereocenters. The summed E-state index contributed by atoms with van der Waals surface area (Å²) in [5, 5.41) is 13.7. The second-order valence-electron chi connectivity index (χ2n) is 7.01. The third-order valence-corrected chi connectivity index (χ3v) is 5.50. The number of carbonyl (C=O) groups excluding carboxylic acids is 1. The highest BCUT2D eigenvalue weighted by Crippen LogP contribution is 2.24. The predicted molar refractivity (Wildman–Crippen MR) is 113 cm³/mol. The van der Waals surface area contributed by atoms with Crippen molar-refractivity contribution in [2.75, 3.05) is 7.05 Å². The molecule has 0 fully saturated rings. The number of aromatic nitrogens is 7. The van der Waals surface area contributed by atoms with Crippen molar-refractivity contribution in [2.24, 2.45) is 0 Å². The van der Waals surface area contributed by atoms with E-state index in [4.69, 9.17) is 11.6 Å². The van der Waals surface area contributed by atoms with Gasteiger partial charge in [-0.05, 0) is 26.8 Å². The van der Waals surface area contributed by atoms with Crippen LogP contribution in [0.15, 0.2) is 30.7 Å². The lowest BCUT2D eigenvalue weighted by Gasteiger charge is -2.16. The number of hydrogen-bond acceptors (Lipinski definition) is 5. The molecule has 4 aromatic heterocycles. The van der Waals surface area contributed by atoms with Crippen molar-refractivity contribution in [3.8, 4) is 11.3 Å². The first-order valence-corrected chi connectivity index (χ1v) is 10.2. The molecule has 0 atom stereocenters. The standard InChI is InChI=1S/C20H23ClN8O/c1-5-27-13(3)14(10-23-27)17-7-8-22-19-9-16(25-29(17)19)20(30)26(4)12-18-15(21)11-24-28(18)6-2/h7-11H,5-6,12H2,1-4H3. The minimum atomic E-state index is -0.215. The minimum absolute atomic E-state index is 0.215. The van der Waals surface area contributed by atoms with Gasteiger partial charge in [-0.15, -0.1) is 0 Å². The van der Waals surface area contributed by atoms with Gasteiger partial charge in [-0.1, -0.05) is 11.6 Å². The van der Waals surface area contributed by atoms with Gasteiger partial charge in [0, 0.05) is 43.7 Å². The maximum absolute atomic E-state index is 13.0. The van der Waals surface area contributed by atoms with Crippen LogP contribution < -0.4 is 0 Å². The molecule has 0 aliphatic carbocycles. The Bertz CT molecular complexity index is 1220. The van der Waals surface area contributed by atoms with E-state index in [0.717, 1.165) is 29.2 Å². The topological polar surface area (TPSA) is 86.1 Å². The Morgan fingerprint density at radius 2 is 1.90 bits per heavy atom. The molecule has 4 aromatic rings. The van der Waals surface area contributed by atoms with Crippen molar-refractivity contribution in [3.05, 3.63) is 52.8 Å². The first-order chi connectivity index (χ1) is 14.4. The summed E-state index contributed by atoms with van der Waals surface area (Å²) in [7, 11) is 1.72. The molecule has 4 heterocycles. The van der Waals surface area contributed by atoms with Crippen LogP contribution in [0.2, 0.25) is 5.02 Å². The Morgan fingerprint density at radius 3 is 2.60 bits per heavy atom. The molecule has 0 N–H and O–H groups in total. The summed E-state index contributed by atoms with van der Waals surface area (Å²) >= 11 is 6.24. The molecule has 156 valence electrons. The van der Waals surface area contributed by atoms with Crippen LogP contribution in [0, 0.1) is 6.92 Å². The van der Waals surface area contributed by atoms with Gasteiger partial charge in [-0.3, -0.25) is 14.2 Å². The number of nitrogens with zero attached hydrogens (tertiary/aromatic N) is 8. The number of aryl methyl sites for hydroxylation is 2. The average molecular weight is 427 g/mol. The lowest BCUT2D eigenvalue weighted by atomic mass is 10.2. The van der Waals surface area contributed by atoms with Crippen LogP contribution >= 0.6 is 11.6 Å². The maximum Gasteiger partial charge on any atom is 0.274 e. The summed E-state index contributed by atoms with van der Waals surface area (Å²) in [4.78, 5) is 19.0. The Kier molecular flexibility index (Phi) is 5.29. The molecule has 0 aliphatic heterocycles. The van der Waals surface area contributed by atoms with E-state index in [1.807, 2.05) is 37.7 Å². The van der Waals surface area contributed by atoms with Crippen molar-refractivity contribution in [1.82, 2.24) is 39.1 Å². The maximum atomic E-state index is 13.0. The molecule has 0 spiro atoms. The lowest BCUT2D eigenvalue weighted by molar-refractivity contribution is 0.0775. The van der Waals surface area contributed by atoms with E-state index in [-0.39, 0.29) is 5.91 Å². The summed E-state index contributed by atoms with van der Waals surface area (Å²) in [6, 6.07) is 3.57. The van der Waals surface area contributed by atoms with E-state index in [0.29, 0.717) is 29.5 Å². The van der Waals surface area contributed by atoms with Gasteiger partial charge in [0.25, 0.3) is 5.91 Å². The summed E-state index contributed by atoms with van der Waals surface area (Å²) in [6.45, 7) is 7.83. The Hall–Kier alpha value is -3.20. The normalized spacial score (nSPS) is 11.4. The summed E-state index contributed by atoms with van der Waals surface area (Å²) < 4.78 is 5.39. The van der Waals surface area contributed by atoms with E-state index in [2.05, 4.69) is 20.3 Å². The Morgan fingerprint density at radius 1 is 1.17 bits per heavy atom. The molecule has 1 amide bonds. The van der Waals surface area contributed by atoms with Crippen LogP contribution in [0.4, 0.5) is 0 Å². The molecule has 4 rings (SSSR count). The van der Waals surface area contributed by atoms with Crippen LogP contribution in [-0.2, 0) is 19.6 Å². The SMILES string of the molecule is CCn1ncc(-c2ccnc3cc(C(=O)N(C)Cc4c(Cl)cnn4CC)nn23)c1C. The quantitative estimate of drug-likeness (QED) is 0.473. The number of amides is 1. The van der Waals surface area contributed by atoms with Gasteiger partial charge in [0.1, 0.15) is 0 Å². The number of rotatable bonds is 6. The number of hydrogen-bond donors (Lipinski definition) is 0. The second-order valence-corrected chi connectivity index (χ2v) is 7.41. The molecule has 9 nitrogen and oxygen atoms in total. The Labute approximate surface area is 178 Å². The number of halogens is 1. The second kappa shape index (κ2) is 7.91. The predicted octanol–water partition coefficient (Wildman–Crippen LogP) is 3.06. The van der Waals surface area contributed by atoms with E-state index in [1.54, 1.807) is 39.6 Å². The molecular weight excluding hydrogens is 404 g/mol. The molecule has 0 aliphatic rings. The third kappa shape index (κ3) is 3.35. The number of fused-ring (bicyclic) bond motifs is 1. The van der Waals surface area contributed by atoms with Crippen molar-refractivity contribution >= 4 is 23.2 Å². The third-order valence-electron chi connectivity index (χ3n) is 5.19. The van der Waals surface area contributed by atoms with Crippen LogP contribution in [0.1, 0.15) is 35.7 Å². The van der Waals surface area contributed by atoms with Crippen molar-refractivity contribution in [1.29, 1.82) is 0 Å². The van der Waals surface area contributed by atoms with E-state index in [1.165, 1.54) is 0 Å². The molecule has 0 radical (unpaired) electrons. The fourth-order valence-electron chi connectivity index (χ4n) is 3.53. The van der Waals surface area contributed by atoms with Crippen molar-refractivity contribution in [3.63, 3.8) is 0 Å².